The van der Waals surface area contributed by atoms with Gasteiger partial charge in [-0.3, -0.25) is 9.80 Å². The molecule has 1 unspecified atom stereocenters. The van der Waals surface area contributed by atoms with Crippen LogP contribution in [-0.4, -0.2) is 53.2 Å². The monoisotopic (exact) mass is 276 g/mol. The van der Waals surface area contributed by atoms with Gasteiger partial charge in [0.2, 0.25) is 0 Å². The first-order valence-electron chi connectivity index (χ1n) is 7.83. The zero-order chi connectivity index (χ0) is 14.4. The average Bonchev–Trinajstić information content (AvgIpc) is 2.46. The molecule has 0 radical (unpaired) electrons. The van der Waals surface area contributed by atoms with Gasteiger partial charge in [0.25, 0.3) is 0 Å². The maximum atomic E-state index is 9.13. The Morgan fingerprint density at radius 2 is 2.05 bits per heavy atom. The summed E-state index contributed by atoms with van der Waals surface area (Å²) < 4.78 is 0. The van der Waals surface area contributed by atoms with E-state index in [1.165, 1.54) is 18.4 Å². The maximum absolute atomic E-state index is 9.13. The standard InChI is InChI=1S/C17H28N2O/c1-15(2)19(13-16-7-4-3-5-8-16)17-9-6-10-18(14-17)11-12-20/h3-5,7-8,15,17,20H,6,9-14H2,1-2H3. The Labute approximate surface area is 123 Å². The molecule has 1 aromatic carbocycles. The van der Waals surface area contributed by atoms with E-state index in [1.54, 1.807) is 0 Å². The van der Waals surface area contributed by atoms with Crippen LogP contribution < -0.4 is 0 Å². The number of benzene rings is 1. The first-order valence-corrected chi connectivity index (χ1v) is 7.83. The number of rotatable bonds is 6. The highest BCUT2D eigenvalue weighted by atomic mass is 16.3. The van der Waals surface area contributed by atoms with E-state index in [9.17, 15) is 0 Å². The minimum Gasteiger partial charge on any atom is -0.395 e. The fraction of sp³-hybridized carbons (Fsp3) is 0.647. The van der Waals surface area contributed by atoms with Gasteiger partial charge in [-0.15, -0.1) is 0 Å². The molecule has 3 heteroatoms. The third-order valence-electron chi connectivity index (χ3n) is 4.24. The van der Waals surface area contributed by atoms with Gasteiger partial charge in [-0.25, -0.2) is 0 Å². The molecule has 0 amide bonds. The lowest BCUT2D eigenvalue weighted by atomic mass is 10.0. The van der Waals surface area contributed by atoms with Crippen LogP contribution in [0.1, 0.15) is 32.3 Å². The van der Waals surface area contributed by atoms with Crippen molar-refractivity contribution in [1.82, 2.24) is 9.80 Å². The topological polar surface area (TPSA) is 26.7 Å². The molecule has 0 aromatic heterocycles. The summed E-state index contributed by atoms with van der Waals surface area (Å²) in [6.07, 6.45) is 2.51. The second kappa shape index (κ2) is 7.77. The molecular formula is C17H28N2O. The number of hydrogen-bond donors (Lipinski definition) is 1. The highest BCUT2D eigenvalue weighted by Gasteiger charge is 2.26. The minimum atomic E-state index is 0.271. The van der Waals surface area contributed by atoms with E-state index in [2.05, 4.69) is 54.0 Å². The zero-order valence-electron chi connectivity index (χ0n) is 12.8. The summed E-state index contributed by atoms with van der Waals surface area (Å²) in [7, 11) is 0. The molecular weight excluding hydrogens is 248 g/mol. The van der Waals surface area contributed by atoms with Crippen LogP contribution in [0.5, 0.6) is 0 Å². The van der Waals surface area contributed by atoms with Gasteiger partial charge < -0.3 is 5.11 Å². The first kappa shape index (κ1) is 15.5. The van der Waals surface area contributed by atoms with Crippen molar-refractivity contribution in [2.75, 3.05) is 26.2 Å². The number of piperidine rings is 1. The average molecular weight is 276 g/mol. The largest absolute Gasteiger partial charge is 0.395 e. The quantitative estimate of drug-likeness (QED) is 0.864. The molecule has 0 saturated carbocycles. The predicted octanol–water partition coefficient (Wildman–Crippen LogP) is 2.35. The third kappa shape index (κ3) is 4.30. The van der Waals surface area contributed by atoms with Crippen molar-refractivity contribution >= 4 is 0 Å². The Hall–Kier alpha value is -0.900. The van der Waals surface area contributed by atoms with Crippen molar-refractivity contribution in [3.8, 4) is 0 Å². The molecule has 20 heavy (non-hydrogen) atoms. The van der Waals surface area contributed by atoms with Gasteiger partial charge in [-0.2, -0.15) is 0 Å². The lowest BCUT2D eigenvalue weighted by Crippen LogP contribution is -2.50. The van der Waals surface area contributed by atoms with Crippen LogP contribution in [0.25, 0.3) is 0 Å². The van der Waals surface area contributed by atoms with Crippen LogP contribution >= 0.6 is 0 Å². The van der Waals surface area contributed by atoms with Gasteiger partial charge in [0.15, 0.2) is 0 Å². The molecule has 0 bridgehead atoms. The van der Waals surface area contributed by atoms with Crippen molar-refractivity contribution in [3.63, 3.8) is 0 Å². The Morgan fingerprint density at radius 1 is 1.30 bits per heavy atom. The van der Waals surface area contributed by atoms with Crippen LogP contribution in [0.4, 0.5) is 0 Å². The normalized spacial score (nSPS) is 20.8. The number of likely N-dealkylation sites (tertiary alicyclic amines) is 1. The molecule has 1 atom stereocenters. The number of nitrogens with zero attached hydrogens (tertiary/aromatic N) is 2. The summed E-state index contributed by atoms with van der Waals surface area (Å²) in [6, 6.07) is 11.9. The van der Waals surface area contributed by atoms with Crippen LogP contribution in [0.15, 0.2) is 30.3 Å². The molecule has 1 saturated heterocycles. The number of aliphatic hydroxyl groups excluding tert-OH is 1. The summed E-state index contributed by atoms with van der Waals surface area (Å²) in [6.45, 7) is 8.90. The number of aliphatic hydroxyl groups is 1. The van der Waals surface area contributed by atoms with Gasteiger partial charge in [0, 0.05) is 31.7 Å². The Kier molecular flexibility index (Phi) is 6.02. The first-order chi connectivity index (χ1) is 9.70. The van der Waals surface area contributed by atoms with Crippen molar-refractivity contribution in [2.24, 2.45) is 0 Å². The second-order valence-corrected chi connectivity index (χ2v) is 6.07. The Bertz CT molecular complexity index is 378. The van der Waals surface area contributed by atoms with E-state index in [0.717, 1.165) is 26.2 Å². The van der Waals surface area contributed by atoms with Gasteiger partial charge >= 0.3 is 0 Å². The van der Waals surface area contributed by atoms with Crippen LogP contribution in [-0.2, 0) is 6.54 Å². The number of β-amino-alcohol motifs (C(OH)–C–C–N with tert-alkyl or cyclic N) is 1. The summed E-state index contributed by atoms with van der Waals surface area (Å²) in [5, 5.41) is 9.13. The highest BCUT2D eigenvalue weighted by molar-refractivity contribution is 5.14. The predicted molar refractivity (Wildman–Crippen MR) is 83.7 cm³/mol. The fourth-order valence-electron chi connectivity index (χ4n) is 3.17. The van der Waals surface area contributed by atoms with Crippen molar-refractivity contribution in [3.05, 3.63) is 35.9 Å². The zero-order valence-corrected chi connectivity index (χ0v) is 12.8. The van der Waals surface area contributed by atoms with Gasteiger partial charge in [-0.05, 0) is 38.8 Å². The van der Waals surface area contributed by atoms with E-state index in [0.29, 0.717) is 12.1 Å². The SMILES string of the molecule is CC(C)N(Cc1ccccc1)C1CCCN(CCO)C1. The lowest BCUT2D eigenvalue weighted by Gasteiger charge is -2.41. The van der Waals surface area contributed by atoms with Gasteiger partial charge in [0.1, 0.15) is 0 Å². The second-order valence-electron chi connectivity index (χ2n) is 6.07. The summed E-state index contributed by atoms with van der Waals surface area (Å²) in [4.78, 5) is 5.01. The molecule has 0 aliphatic carbocycles. The Morgan fingerprint density at radius 3 is 2.70 bits per heavy atom. The van der Waals surface area contributed by atoms with Gasteiger partial charge in [-0.1, -0.05) is 30.3 Å². The third-order valence-corrected chi connectivity index (χ3v) is 4.24. The lowest BCUT2D eigenvalue weighted by molar-refractivity contribution is 0.0609. The van der Waals surface area contributed by atoms with Gasteiger partial charge in [0.05, 0.1) is 6.61 Å². The van der Waals surface area contributed by atoms with Crippen molar-refractivity contribution in [1.29, 1.82) is 0 Å². The molecule has 1 aliphatic rings. The van der Waals surface area contributed by atoms with Crippen LogP contribution in [0, 0.1) is 0 Å². The molecule has 1 aromatic rings. The molecule has 3 nitrogen and oxygen atoms in total. The van der Waals surface area contributed by atoms with E-state index in [1.807, 2.05) is 0 Å². The molecule has 1 aliphatic heterocycles. The van der Waals surface area contributed by atoms with Crippen molar-refractivity contribution < 1.29 is 5.11 Å². The highest BCUT2D eigenvalue weighted by Crippen LogP contribution is 2.20. The summed E-state index contributed by atoms with van der Waals surface area (Å²) in [5.74, 6) is 0. The van der Waals surface area contributed by atoms with E-state index < -0.39 is 0 Å². The molecule has 0 spiro atoms. The Balaban J connectivity index is 2.00. The summed E-state index contributed by atoms with van der Waals surface area (Å²) >= 11 is 0. The van der Waals surface area contributed by atoms with E-state index >= 15 is 0 Å². The minimum absolute atomic E-state index is 0.271. The fourth-order valence-corrected chi connectivity index (χ4v) is 3.17. The molecule has 1 N–H and O–H groups in total. The molecule has 112 valence electrons. The smallest absolute Gasteiger partial charge is 0.0558 e. The van der Waals surface area contributed by atoms with E-state index in [4.69, 9.17) is 5.11 Å². The molecule has 1 fully saturated rings. The van der Waals surface area contributed by atoms with Crippen LogP contribution in [0.2, 0.25) is 0 Å². The van der Waals surface area contributed by atoms with Crippen LogP contribution in [0.3, 0.4) is 0 Å². The molecule has 1 heterocycles. The maximum Gasteiger partial charge on any atom is 0.0558 e. The number of hydrogen-bond acceptors (Lipinski definition) is 3. The summed E-state index contributed by atoms with van der Waals surface area (Å²) in [5.41, 5.74) is 1.39. The van der Waals surface area contributed by atoms with E-state index in [-0.39, 0.29) is 6.61 Å². The van der Waals surface area contributed by atoms with Crippen molar-refractivity contribution in [2.45, 2.75) is 45.3 Å². The molecule has 2 rings (SSSR count).